The van der Waals surface area contributed by atoms with E-state index in [0.717, 1.165) is 27.8 Å². The third-order valence-corrected chi connectivity index (χ3v) is 2.93. The number of nitriles is 1. The molecule has 0 unspecified atom stereocenters. The first-order valence-corrected chi connectivity index (χ1v) is 5.29. The van der Waals surface area contributed by atoms with Crippen molar-refractivity contribution in [3.63, 3.8) is 0 Å². The van der Waals surface area contributed by atoms with Crippen LogP contribution in [0.15, 0.2) is 42.5 Å². The van der Waals surface area contributed by atoms with Crippen molar-refractivity contribution in [3.05, 3.63) is 59.2 Å². The molecule has 16 heavy (non-hydrogen) atoms. The lowest BCUT2D eigenvalue weighted by Gasteiger charge is -2.09. The molecule has 0 aliphatic carbocycles. The van der Waals surface area contributed by atoms with Crippen LogP contribution in [0.2, 0.25) is 0 Å². The highest BCUT2D eigenvalue weighted by molar-refractivity contribution is 5.72. The standard InChI is InChI=1S/C15H13N/c1-11-8-9-14(15(10-16)12(11)2)13-6-4-3-5-7-13/h3-9H,1-2H3. The van der Waals surface area contributed by atoms with Crippen LogP contribution in [0.1, 0.15) is 16.7 Å². The van der Waals surface area contributed by atoms with Gasteiger partial charge in [0.2, 0.25) is 0 Å². The SMILES string of the molecule is Cc1ccc(-c2ccccc2)c(C#N)c1C. The molecule has 0 saturated carbocycles. The Bertz CT molecular complexity index is 548. The molecular weight excluding hydrogens is 194 g/mol. The second-order valence-electron chi connectivity index (χ2n) is 3.91. The van der Waals surface area contributed by atoms with Crippen LogP contribution in [0.25, 0.3) is 11.1 Å². The van der Waals surface area contributed by atoms with Gasteiger partial charge in [-0.15, -0.1) is 0 Å². The molecule has 0 radical (unpaired) electrons. The average molecular weight is 207 g/mol. The van der Waals surface area contributed by atoms with E-state index in [2.05, 4.69) is 12.1 Å². The van der Waals surface area contributed by atoms with Gasteiger partial charge in [-0.3, -0.25) is 0 Å². The Balaban J connectivity index is 2.68. The van der Waals surface area contributed by atoms with E-state index in [1.54, 1.807) is 0 Å². The molecule has 0 spiro atoms. The molecule has 2 rings (SSSR count). The summed E-state index contributed by atoms with van der Waals surface area (Å²) in [4.78, 5) is 0. The summed E-state index contributed by atoms with van der Waals surface area (Å²) in [5.74, 6) is 0. The molecule has 0 fully saturated rings. The zero-order valence-corrected chi connectivity index (χ0v) is 9.49. The number of benzene rings is 2. The third kappa shape index (κ3) is 1.70. The van der Waals surface area contributed by atoms with Crippen molar-refractivity contribution < 1.29 is 0 Å². The number of hydrogen-bond donors (Lipinski definition) is 0. The summed E-state index contributed by atoms with van der Waals surface area (Å²) in [7, 11) is 0. The fraction of sp³-hybridized carbons (Fsp3) is 0.133. The van der Waals surface area contributed by atoms with Crippen LogP contribution in [-0.4, -0.2) is 0 Å². The molecule has 0 saturated heterocycles. The molecule has 0 N–H and O–H groups in total. The molecule has 2 aromatic carbocycles. The van der Waals surface area contributed by atoms with Gasteiger partial charge in [0.05, 0.1) is 5.56 Å². The van der Waals surface area contributed by atoms with Gasteiger partial charge < -0.3 is 0 Å². The summed E-state index contributed by atoms with van der Waals surface area (Å²) in [5, 5.41) is 9.24. The lowest BCUT2D eigenvalue weighted by Crippen LogP contribution is -1.91. The monoisotopic (exact) mass is 207 g/mol. The zero-order valence-electron chi connectivity index (χ0n) is 9.49. The van der Waals surface area contributed by atoms with Crippen molar-refractivity contribution in [3.8, 4) is 17.2 Å². The van der Waals surface area contributed by atoms with Gasteiger partial charge >= 0.3 is 0 Å². The van der Waals surface area contributed by atoms with E-state index in [4.69, 9.17) is 0 Å². The molecular formula is C15H13N. The zero-order chi connectivity index (χ0) is 11.5. The van der Waals surface area contributed by atoms with Crippen LogP contribution in [-0.2, 0) is 0 Å². The average Bonchev–Trinajstić information content (AvgIpc) is 2.33. The van der Waals surface area contributed by atoms with Crippen LogP contribution in [0.3, 0.4) is 0 Å². The molecule has 0 heterocycles. The number of rotatable bonds is 1. The summed E-state index contributed by atoms with van der Waals surface area (Å²) in [6.07, 6.45) is 0. The highest BCUT2D eigenvalue weighted by Crippen LogP contribution is 2.27. The van der Waals surface area contributed by atoms with Gasteiger partial charge in [0.1, 0.15) is 6.07 Å². The number of nitrogens with zero attached hydrogens (tertiary/aromatic N) is 1. The molecule has 2 aromatic rings. The molecule has 0 amide bonds. The minimum Gasteiger partial charge on any atom is -0.192 e. The Morgan fingerprint density at radius 1 is 0.938 bits per heavy atom. The minimum absolute atomic E-state index is 0.784. The second-order valence-corrected chi connectivity index (χ2v) is 3.91. The summed E-state index contributed by atoms with van der Waals surface area (Å²) in [5.41, 5.74) is 5.14. The first-order chi connectivity index (χ1) is 7.74. The van der Waals surface area contributed by atoms with Crippen LogP contribution >= 0.6 is 0 Å². The Morgan fingerprint density at radius 2 is 1.62 bits per heavy atom. The lowest BCUT2D eigenvalue weighted by atomic mass is 9.94. The van der Waals surface area contributed by atoms with Gasteiger partial charge in [-0.1, -0.05) is 42.5 Å². The van der Waals surface area contributed by atoms with Crippen LogP contribution in [0.5, 0.6) is 0 Å². The maximum atomic E-state index is 9.24. The van der Waals surface area contributed by atoms with Crippen molar-refractivity contribution in [1.29, 1.82) is 5.26 Å². The van der Waals surface area contributed by atoms with E-state index in [9.17, 15) is 5.26 Å². The van der Waals surface area contributed by atoms with E-state index in [1.165, 1.54) is 0 Å². The van der Waals surface area contributed by atoms with E-state index in [0.29, 0.717) is 0 Å². The molecule has 1 nitrogen and oxygen atoms in total. The van der Waals surface area contributed by atoms with Gasteiger partial charge in [-0.25, -0.2) is 0 Å². The number of aryl methyl sites for hydroxylation is 1. The quantitative estimate of drug-likeness (QED) is 0.697. The van der Waals surface area contributed by atoms with Crippen molar-refractivity contribution in [1.82, 2.24) is 0 Å². The molecule has 0 aromatic heterocycles. The van der Waals surface area contributed by atoms with Crippen molar-refractivity contribution >= 4 is 0 Å². The first kappa shape index (κ1) is 10.4. The van der Waals surface area contributed by atoms with Gasteiger partial charge in [-0.2, -0.15) is 5.26 Å². The number of hydrogen-bond acceptors (Lipinski definition) is 1. The Labute approximate surface area is 96.0 Å². The predicted octanol–water partition coefficient (Wildman–Crippen LogP) is 3.84. The molecule has 1 heteroatoms. The molecule has 0 aliphatic rings. The highest BCUT2D eigenvalue weighted by Gasteiger charge is 2.08. The van der Waals surface area contributed by atoms with Gasteiger partial charge in [0.15, 0.2) is 0 Å². The fourth-order valence-electron chi connectivity index (χ4n) is 1.82. The van der Waals surface area contributed by atoms with Crippen molar-refractivity contribution in [2.75, 3.05) is 0 Å². The van der Waals surface area contributed by atoms with Crippen LogP contribution in [0.4, 0.5) is 0 Å². The van der Waals surface area contributed by atoms with Crippen LogP contribution in [0, 0.1) is 25.2 Å². The second kappa shape index (κ2) is 4.20. The van der Waals surface area contributed by atoms with E-state index in [1.807, 2.05) is 50.2 Å². The minimum atomic E-state index is 0.784. The first-order valence-electron chi connectivity index (χ1n) is 5.29. The third-order valence-electron chi connectivity index (χ3n) is 2.93. The van der Waals surface area contributed by atoms with Crippen molar-refractivity contribution in [2.24, 2.45) is 0 Å². The Hall–Kier alpha value is -2.07. The molecule has 0 bridgehead atoms. The van der Waals surface area contributed by atoms with Gasteiger partial charge in [0.25, 0.3) is 0 Å². The van der Waals surface area contributed by atoms with Crippen molar-refractivity contribution in [2.45, 2.75) is 13.8 Å². The van der Waals surface area contributed by atoms with Crippen LogP contribution < -0.4 is 0 Å². The molecule has 0 atom stereocenters. The van der Waals surface area contributed by atoms with E-state index >= 15 is 0 Å². The van der Waals surface area contributed by atoms with E-state index in [-0.39, 0.29) is 0 Å². The van der Waals surface area contributed by atoms with Gasteiger partial charge in [0, 0.05) is 0 Å². The summed E-state index contributed by atoms with van der Waals surface area (Å²) in [6, 6.07) is 16.4. The summed E-state index contributed by atoms with van der Waals surface area (Å²) < 4.78 is 0. The van der Waals surface area contributed by atoms with E-state index < -0.39 is 0 Å². The maximum Gasteiger partial charge on any atom is 0.100 e. The predicted molar refractivity (Wildman–Crippen MR) is 66.1 cm³/mol. The normalized spacial score (nSPS) is 9.81. The molecule has 78 valence electrons. The topological polar surface area (TPSA) is 23.8 Å². The fourth-order valence-corrected chi connectivity index (χ4v) is 1.82. The molecule has 0 aliphatic heterocycles. The summed E-state index contributed by atoms with van der Waals surface area (Å²) >= 11 is 0. The van der Waals surface area contributed by atoms with Gasteiger partial charge in [-0.05, 0) is 36.1 Å². The highest BCUT2D eigenvalue weighted by atomic mass is 14.3. The smallest absolute Gasteiger partial charge is 0.100 e. The Morgan fingerprint density at radius 3 is 2.25 bits per heavy atom. The lowest BCUT2D eigenvalue weighted by molar-refractivity contribution is 1.31. The largest absolute Gasteiger partial charge is 0.192 e. The maximum absolute atomic E-state index is 9.24. The Kier molecular flexibility index (Phi) is 2.74. The summed E-state index contributed by atoms with van der Waals surface area (Å²) in [6.45, 7) is 4.03.